The predicted octanol–water partition coefficient (Wildman–Crippen LogP) is 2.51. The second-order valence-electron chi connectivity index (χ2n) is 6.69. The molecule has 140 valence electrons. The molecule has 27 heavy (non-hydrogen) atoms. The molecule has 1 aliphatic rings. The van der Waals surface area contributed by atoms with Crippen LogP contribution in [0.15, 0.2) is 41.1 Å². The van der Waals surface area contributed by atoms with Crippen LogP contribution in [0.1, 0.15) is 36.0 Å². The normalized spacial score (nSPS) is 15.9. The number of carboxylic acid groups (broad SMARTS) is 1. The highest BCUT2D eigenvalue weighted by Crippen LogP contribution is 2.31. The molecule has 1 atom stereocenters. The van der Waals surface area contributed by atoms with Crippen LogP contribution in [0, 0.1) is 6.92 Å². The van der Waals surface area contributed by atoms with Gasteiger partial charge in [-0.15, -0.1) is 5.10 Å². The van der Waals surface area contributed by atoms with Gasteiger partial charge in [0.15, 0.2) is 5.76 Å². The van der Waals surface area contributed by atoms with Gasteiger partial charge in [-0.05, 0) is 56.6 Å². The fraction of sp³-hybridized carbons (Fsp3) is 0.368. The van der Waals surface area contributed by atoms with E-state index in [4.69, 9.17) is 9.40 Å². The van der Waals surface area contributed by atoms with Crippen LogP contribution in [0.5, 0.6) is 0 Å². The largest absolute Gasteiger partial charge is 0.480 e. The number of carboxylic acids is 1. The zero-order valence-electron chi connectivity index (χ0n) is 15.1. The Labute approximate surface area is 156 Å². The smallest absolute Gasteiger partial charge is 0.325 e. The fourth-order valence-electron chi connectivity index (χ4n) is 3.52. The topological polar surface area (TPSA) is 97.3 Å². The van der Waals surface area contributed by atoms with Crippen LogP contribution >= 0.6 is 0 Å². The van der Waals surface area contributed by atoms with E-state index in [0.29, 0.717) is 17.4 Å². The first-order valence-corrected chi connectivity index (χ1v) is 8.99. The lowest BCUT2D eigenvalue weighted by Gasteiger charge is -2.26. The highest BCUT2D eigenvalue weighted by Gasteiger charge is 2.31. The first-order valence-electron chi connectivity index (χ1n) is 8.99. The van der Waals surface area contributed by atoms with Gasteiger partial charge < -0.3 is 9.52 Å². The standard InChI is InChI=1S/C19H21N5O3/c1-13-6-7-15(27-13)18-21-19(24(22-18)12-16(25)26)17(23-9-2-3-10-23)14-5-4-8-20-11-14/h4-8,11,17H,2-3,9-10,12H2,1H3,(H,25,26)/t17-/m0/s1. The summed E-state index contributed by atoms with van der Waals surface area (Å²) in [6.45, 7) is 3.44. The molecule has 1 fully saturated rings. The van der Waals surface area contributed by atoms with E-state index in [2.05, 4.69) is 15.0 Å². The highest BCUT2D eigenvalue weighted by molar-refractivity contribution is 5.66. The first-order chi connectivity index (χ1) is 13.1. The lowest BCUT2D eigenvalue weighted by Crippen LogP contribution is -2.30. The Morgan fingerprint density at radius 3 is 2.74 bits per heavy atom. The predicted molar refractivity (Wildman–Crippen MR) is 97.0 cm³/mol. The minimum Gasteiger partial charge on any atom is -0.480 e. The van der Waals surface area contributed by atoms with Gasteiger partial charge in [0.2, 0.25) is 5.82 Å². The second kappa shape index (κ2) is 7.32. The number of hydrogen-bond acceptors (Lipinski definition) is 6. The molecular formula is C19H21N5O3. The van der Waals surface area contributed by atoms with E-state index >= 15 is 0 Å². The third kappa shape index (κ3) is 3.61. The number of hydrogen-bond donors (Lipinski definition) is 1. The average Bonchev–Trinajstić information content (AvgIpc) is 3.38. The van der Waals surface area contributed by atoms with Crippen LogP contribution in [0.2, 0.25) is 0 Å². The molecule has 1 saturated heterocycles. The lowest BCUT2D eigenvalue weighted by atomic mass is 10.1. The van der Waals surface area contributed by atoms with E-state index in [-0.39, 0.29) is 12.6 Å². The third-order valence-electron chi connectivity index (χ3n) is 4.70. The van der Waals surface area contributed by atoms with Gasteiger partial charge in [0.05, 0.1) is 6.04 Å². The molecule has 0 radical (unpaired) electrons. The number of furan rings is 1. The van der Waals surface area contributed by atoms with Crippen LogP contribution in [0.4, 0.5) is 0 Å². The summed E-state index contributed by atoms with van der Waals surface area (Å²) in [6, 6.07) is 7.32. The molecule has 1 N–H and O–H groups in total. The summed E-state index contributed by atoms with van der Waals surface area (Å²) in [4.78, 5) is 22.7. The van der Waals surface area contributed by atoms with Gasteiger partial charge in [0.1, 0.15) is 18.1 Å². The van der Waals surface area contributed by atoms with E-state index < -0.39 is 5.97 Å². The molecule has 0 spiro atoms. The number of aryl methyl sites for hydroxylation is 1. The Bertz CT molecular complexity index is 928. The van der Waals surface area contributed by atoms with E-state index in [1.165, 1.54) is 4.68 Å². The summed E-state index contributed by atoms with van der Waals surface area (Å²) in [5.41, 5.74) is 0.973. The van der Waals surface area contributed by atoms with Crippen molar-refractivity contribution in [3.05, 3.63) is 53.8 Å². The quantitative estimate of drug-likeness (QED) is 0.715. The number of pyridine rings is 1. The Balaban J connectivity index is 1.82. The molecule has 0 amide bonds. The highest BCUT2D eigenvalue weighted by atomic mass is 16.4. The van der Waals surface area contributed by atoms with Crippen molar-refractivity contribution in [3.8, 4) is 11.6 Å². The minimum absolute atomic E-state index is 0.196. The number of likely N-dealkylation sites (tertiary alicyclic amines) is 1. The van der Waals surface area contributed by atoms with Gasteiger partial charge in [0.25, 0.3) is 0 Å². The van der Waals surface area contributed by atoms with Crippen molar-refractivity contribution in [1.29, 1.82) is 0 Å². The van der Waals surface area contributed by atoms with E-state index in [0.717, 1.165) is 37.3 Å². The van der Waals surface area contributed by atoms with Crippen molar-refractivity contribution in [2.45, 2.75) is 32.4 Å². The minimum atomic E-state index is -0.963. The lowest BCUT2D eigenvalue weighted by molar-refractivity contribution is -0.138. The molecule has 0 aliphatic carbocycles. The molecule has 4 rings (SSSR count). The molecule has 0 saturated carbocycles. The molecule has 0 unspecified atom stereocenters. The van der Waals surface area contributed by atoms with Gasteiger partial charge >= 0.3 is 5.97 Å². The molecule has 0 bridgehead atoms. The SMILES string of the molecule is Cc1ccc(-c2nc([C@H](c3cccnc3)N3CCCC3)n(CC(=O)O)n2)o1. The van der Waals surface area contributed by atoms with Gasteiger partial charge in [-0.1, -0.05) is 6.07 Å². The molecular weight excluding hydrogens is 346 g/mol. The summed E-state index contributed by atoms with van der Waals surface area (Å²) in [6.07, 6.45) is 5.74. The Hall–Kier alpha value is -3.00. The van der Waals surface area contributed by atoms with Crippen LogP contribution in [-0.2, 0) is 11.3 Å². The summed E-state index contributed by atoms with van der Waals surface area (Å²) < 4.78 is 7.11. The van der Waals surface area contributed by atoms with E-state index in [1.807, 2.05) is 25.1 Å². The van der Waals surface area contributed by atoms with Crippen LogP contribution in [0.3, 0.4) is 0 Å². The number of carbonyl (C=O) groups is 1. The number of aromatic nitrogens is 4. The molecule has 3 aromatic heterocycles. The van der Waals surface area contributed by atoms with Gasteiger partial charge in [-0.25, -0.2) is 9.67 Å². The Morgan fingerprint density at radius 1 is 1.30 bits per heavy atom. The molecule has 8 nitrogen and oxygen atoms in total. The molecule has 1 aliphatic heterocycles. The maximum absolute atomic E-state index is 11.4. The van der Waals surface area contributed by atoms with Crippen LogP contribution < -0.4 is 0 Å². The van der Waals surface area contributed by atoms with Gasteiger partial charge in [0, 0.05) is 12.4 Å². The van der Waals surface area contributed by atoms with Gasteiger partial charge in [-0.3, -0.25) is 14.7 Å². The molecule has 8 heteroatoms. The molecule has 3 aromatic rings. The number of rotatable bonds is 6. The molecule has 4 heterocycles. The summed E-state index contributed by atoms with van der Waals surface area (Å²) in [5.74, 6) is 1.31. The van der Waals surface area contributed by atoms with Crippen molar-refractivity contribution < 1.29 is 14.3 Å². The van der Waals surface area contributed by atoms with Crippen molar-refractivity contribution in [2.75, 3.05) is 13.1 Å². The third-order valence-corrected chi connectivity index (χ3v) is 4.70. The second-order valence-corrected chi connectivity index (χ2v) is 6.69. The van der Waals surface area contributed by atoms with Crippen molar-refractivity contribution in [1.82, 2.24) is 24.6 Å². The van der Waals surface area contributed by atoms with E-state index in [9.17, 15) is 9.90 Å². The van der Waals surface area contributed by atoms with Crippen LogP contribution in [0.25, 0.3) is 11.6 Å². The maximum Gasteiger partial charge on any atom is 0.325 e. The summed E-state index contributed by atoms with van der Waals surface area (Å²) in [7, 11) is 0. The Morgan fingerprint density at radius 2 is 2.11 bits per heavy atom. The maximum atomic E-state index is 11.4. The first kappa shape index (κ1) is 17.4. The zero-order chi connectivity index (χ0) is 18.8. The van der Waals surface area contributed by atoms with E-state index in [1.54, 1.807) is 18.5 Å². The van der Waals surface area contributed by atoms with Crippen molar-refractivity contribution >= 4 is 5.97 Å². The number of aliphatic carboxylic acids is 1. The summed E-state index contributed by atoms with van der Waals surface area (Å²) >= 11 is 0. The molecule has 0 aromatic carbocycles. The fourth-order valence-corrected chi connectivity index (χ4v) is 3.52. The van der Waals surface area contributed by atoms with Crippen LogP contribution in [-0.4, -0.2) is 48.8 Å². The zero-order valence-corrected chi connectivity index (χ0v) is 15.1. The average molecular weight is 367 g/mol. The Kier molecular flexibility index (Phi) is 4.72. The summed E-state index contributed by atoms with van der Waals surface area (Å²) in [5, 5.41) is 13.8. The van der Waals surface area contributed by atoms with Gasteiger partial charge in [-0.2, -0.15) is 0 Å². The van der Waals surface area contributed by atoms with Crippen molar-refractivity contribution in [2.24, 2.45) is 0 Å². The monoisotopic (exact) mass is 367 g/mol. The number of nitrogens with zero attached hydrogens (tertiary/aromatic N) is 5. The van der Waals surface area contributed by atoms with Crippen molar-refractivity contribution in [3.63, 3.8) is 0 Å².